The Morgan fingerprint density at radius 1 is 1.19 bits per heavy atom. The van der Waals surface area contributed by atoms with E-state index in [-0.39, 0.29) is 0 Å². The van der Waals surface area contributed by atoms with Crippen LogP contribution in [-0.2, 0) is 0 Å². The van der Waals surface area contributed by atoms with E-state index in [0.29, 0.717) is 5.02 Å². The van der Waals surface area contributed by atoms with Gasteiger partial charge >= 0.3 is 0 Å². The van der Waals surface area contributed by atoms with Gasteiger partial charge in [-0.25, -0.2) is 0 Å². The van der Waals surface area contributed by atoms with Gasteiger partial charge in [0, 0.05) is 11.8 Å². The summed E-state index contributed by atoms with van der Waals surface area (Å²) in [4.78, 5) is 4.27. The third-order valence-corrected chi connectivity index (χ3v) is 2.65. The van der Waals surface area contributed by atoms with Crippen LogP contribution in [0.1, 0.15) is 5.56 Å². The van der Waals surface area contributed by atoms with E-state index in [1.807, 2.05) is 37.3 Å². The van der Waals surface area contributed by atoms with Crippen molar-refractivity contribution in [2.24, 2.45) is 0 Å². The molecule has 0 aliphatic rings. The normalized spacial score (nSPS) is 10.2. The van der Waals surface area contributed by atoms with Crippen molar-refractivity contribution in [1.82, 2.24) is 4.98 Å². The number of hydrogen-bond donors (Lipinski definition) is 0. The molecule has 0 aliphatic carbocycles. The Balaban J connectivity index is 2.44. The number of halogens is 1. The van der Waals surface area contributed by atoms with E-state index in [0.717, 1.165) is 22.6 Å². The van der Waals surface area contributed by atoms with Crippen LogP contribution in [0.4, 0.5) is 0 Å². The Bertz CT molecular complexity index is 494. The molecule has 3 heteroatoms. The van der Waals surface area contributed by atoms with Crippen LogP contribution in [0.3, 0.4) is 0 Å². The van der Waals surface area contributed by atoms with Gasteiger partial charge < -0.3 is 4.74 Å². The first-order valence-electron chi connectivity index (χ1n) is 4.97. The fraction of sp³-hybridized carbons (Fsp3) is 0.154. The zero-order valence-corrected chi connectivity index (χ0v) is 9.95. The van der Waals surface area contributed by atoms with Crippen molar-refractivity contribution >= 4 is 11.6 Å². The van der Waals surface area contributed by atoms with E-state index in [9.17, 15) is 0 Å². The van der Waals surface area contributed by atoms with Gasteiger partial charge in [0.2, 0.25) is 0 Å². The Morgan fingerprint density at radius 2 is 2.00 bits per heavy atom. The SMILES string of the molecule is COc1cc(-c2ccc(Cl)cn2)ccc1C. The summed E-state index contributed by atoms with van der Waals surface area (Å²) in [6.07, 6.45) is 1.64. The second-order valence-electron chi connectivity index (χ2n) is 3.55. The van der Waals surface area contributed by atoms with Crippen LogP contribution < -0.4 is 4.74 Å². The molecular weight excluding hydrogens is 222 g/mol. The van der Waals surface area contributed by atoms with Crippen LogP contribution in [0, 0.1) is 6.92 Å². The molecule has 0 radical (unpaired) electrons. The van der Waals surface area contributed by atoms with Gasteiger partial charge in [-0.3, -0.25) is 4.98 Å². The molecule has 1 aromatic carbocycles. The van der Waals surface area contributed by atoms with Crippen LogP contribution in [0.2, 0.25) is 5.02 Å². The highest BCUT2D eigenvalue weighted by Crippen LogP contribution is 2.25. The van der Waals surface area contributed by atoms with Crippen LogP contribution in [0.25, 0.3) is 11.3 Å². The number of benzene rings is 1. The monoisotopic (exact) mass is 233 g/mol. The average molecular weight is 234 g/mol. The molecular formula is C13H12ClNO. The maximum Gasteiger partial charge on any atom is 0.122 e. The summed E-state index contributed by atoms with van der Waals surface area (Å²) in [7, 11) is 1.67. The number of methoxy groups -OCH3 is 1. The number of ether oxygens (including phenoxy) is 1. The number of pyridine rings is 1. The molecule has 0 fully saturated rings. The maximum atomic E-state index is 5.80. The number of rotatable bonds is 2. The molecule has 0 saturated carbocycles. The fourth-order valence-corrected chi connectivity index (χ4v) is 1.64. The molecule has 0 aliphatic heterocycles. The highest BCUT2D eigenvalue weighted by Gasteiger charge is 2.03. The average Bonchev–Trinajstić information content (AvgIpc) is 2.31. The largest absolute Gasteiger partial charge is 0.496 e. The molecule has 0 amide bonds. The maximum absolute atomic E-state index is 5.80. The van der Waals surface area contributed by atoms with Crippen molar-refractivity contribution in [3.63, 3.8) is 0 Å². The summed E-state index contributed by atoms with van der Waals surface area (Å²) in [5.41, 5.74) is 3.03. The van der Waals surface area contributed by atoms with Crippen molar-refractivity contribution in [3.8, 4) is 17.0 Å². The lowest BCUT2D eigenvalue weighted by atomic mass is 10.1. The predicted octanol–water partition coefficient (Wildman–Crippen LogP) is 3.72. The van der Waals surface area contributed by atoms with Gasteiger partial charge in [0.05, 0.1) is 17.8 Å². The standard InChI is InChI=1S/C13H12ClNO/c1-9-3-4-10(7-13(9)16-2)12-6-5-11(14)8-15-12/h3-8H,1-2H3. The molecule has 0 atom stereocenters. The van der Waals surface area contributed by atoms with E-state index in [4.69, 9.17) is 16.3 Å². The topological polar surface area (TPSA) is 22.1 Å². The zero-order valence-electron chi connectivity index (χ0n) is 9.20. The minimum absolute atomic E-state index is 0.642. The molecule has 16 heavy (non-hydrogen) atoms. The Hall–Kier alpha value is -1.54. The van der Waals surface area contributed by atoms with Crippen molar-refractivity contribution in [1.29, 1.82) is 0 Å². The van der Waals surface area contributed by atoms with Gasteiger partial charge in [0.1, 0.15) is 5.75 Å². The van der Waals surface area contributed by atoms with Crippen molar-refractivity contribution < 1.29 is 4.74 Å². The summed E-state index contributed by atoms with van der Waals surface area (Å²) in [5.74, 6) is 0.870. The van der Waals surface area contributed by atoms with Crippen LogP contribution in [0.15, 0.2) is 36.5 Å². The lowest BCUT2D eigenvalue weighted by Crippen LogP contribution is -1.89. The van der Waals surface area contributed by atoms with E-state index in [1.165, 1.54) is 0 Å². The molecule has 82 valence electrons. The van der Waals surface area contributed by atoms with E-state index in [2.05, 4.69) is 4.98 Å². The van der Waals surface area contributed by atoms with E-state index >= 15 is 0 Å². The molecule has 2 nitrogen and oxygen atoms in total. The van der Waals surface area contributed by atoms with Crippen molar-refractivity contribution in [3.05, 3.63) is 47.1 Å². The number of hydrogen-bond acceptors (Lipinski definition) is 2. The Kier molecular flexibility index (Phi) is 3.11. The van der Waals surface area contributed by atoms with Gasteiger partial charge in [-0.15, -0.1) is 0 Å². The highest BCUT2D eigenvalue weighted by atomic mass is 35.5. The second kappa shape index (κ2) is 4.54. The Morgan fingerprint density at radius 3 is 2.62 bits per heavy atom. The molecule has 2 rings (SSSR count). The molecule has 0 bridgehead atoms. The number of aromatic nitrogens is 1. The smallest absolute Gasteiger partial charge is 0.122 e. The van der Waals surface area contributed by atoms with Crippen LogP contribution in [-0.4, -0.2) is 12.1 Å². The van der Waals surface area contributed by atoms with Gasteiger partial charge in [-0.1, -0.05) is 23.7 Å². The summed E-state index contributed by atoms with van der Waals surface area (Å²) in [5, 5.41) is 0.642. The summed E-state index contributed by atoms with van der Waals surface area (Å²) in [6.45, 7) is 2.01. The molecule has 0 unspecified atom stereocenters. The fourth-order valence-electron chi connectivity index (χ4n) is 1.53. The molecule has 0 spiro atoms. The van der Waals surface area contributed by atoms with E-state index < -0.39 is 0 Å². The molecule has 2 aromatic rings. The Labute approximate surface area is 99.9 Å². The van der Waals surface area contributed by atoms with Crippen LogP contribution >= 0.6 is 11.6 Å². The zero-order chi connectivity index (χ0) is 11.5. The number of nitrogens with zero attached hydrogens (tertiary/aromatic N) is 1. The first-order chi connectivity index (χ1) is 7.70. The molecule has 0 saturated heterocycles. The second-order valence-corrected chi connectivity index (χ2v) is 3.98. The van der Waals surface area contributed by atoms with Gasteiger partial charge in [0.25, 0.3) is 0 Å². The van der Waals surface area contributed by atoms with Gasteiger partial charge in [0.15, 0.2) is 0 Å². The predicted molar refractivity (Wildman–Crippen MR) is 66.0 cm³/mol. The first-order valence-corrected chi connectivity index (χ1v) is 5.35. The lowest BCUT2D eigenvalue weighted by Gasteiger charge is -2.07. The van der Waals surface area contributed by atoms with Crippen molar-refractivity contribution in [2.75, 3.05) is 7.11 Å². The van der Waals surface area contributed by atoms with Gasteiger partial charge in [-0.05, 0) is 30.7 Å². The van der Waals surface area contributed by atoms with Gasteiger partial charge in [-0.2, -0.15) is 0 Å². The summed E-state index contributed by atoms with van der Waals surface area (Å²) in [6, 6.07) is 9.74. The minimum atomic E-state index is 0.642. The summed E-state index contributed by atoms with van der Waals surface area (Å²) >= 11 is 5.80. The van der Waals surface area contributed by atoms with Crippen LogP contribution in [0.5, 0.6) is 5.75 Å². The number of aryl methyl sites for hydroxylation is 1. The third kappa shape index (κ3) is 2.17. The molecule has 1 heterocycles. The van der Waals surface area contributed by atoms with E-state index in [1.54, 1.807) is 13.3 Å². The first kappa shape index (κ1) is 11.0. The third-order valence-electron chi connectivity index (χ3n) is 2.43. The molecule has 1 aromatic heterocycles. The minimum Gasteiger partial charge on any atom is -0.496 e. The summed E-state index contributed by atoms with van der Waals surface area (Å²) < 4.78 is 5.28. The van der Waals surface area contributed by atoms with Crippen molar-refractivity contribution in [2.45, 2.75) is 6.92 Å². The quantitative estimate of drug-likeness (QED) is 0.789. The molecule has 0 N–H and O–H groups in total. The highest BCUT2D eigenvalue weighted by molar-refractivity contribution is 6.30. The lowest BCUT2D eigenvalue weighted by molar-refractivity contribution is 0.412.